The zero-order valence-corrected chi connectivity index (χ0v) is 33.1. The Morgan fingerprint density at radius 3 is 1.00 bits per heavy atom. The SMILES string of the molecule is CC(C)[C@H]1C(=O)N(C(c2ccccc2)c2ccccc2)[C@@H]1C(=O)C(C)(C)C.C[C@@H](O)[C@H]1C(=O)N(C(c2ccccc2)c2ccccc2)[C@@H]1C(=O)C(C)(C)C. The number of carbonyl (C=O) groups is 4. The van der Waals surface area contributed by atoms with Crippen molar-refractivity contribution in [2.75, 3.05) is 0 Å². The van der Waals surface area contributed by atoms with Crippen LogP contribution in [0.3, 0.4) is 0 Å². The molecule has 7 nitrogen and oxygen atoms in total. The van der Waals surface area contributed by atoms with E-state index in [1.807, 2.05) is 182 Å². The monoisotopic (exact) mass is 728 g/mol. The van der Waals surface area contributed by atoms with Gasteiger partial charge in [-0.25, -0.2) is 0 Å². The Morgan fingerprint density at radius 2 is 0.759 bits per heavy atom. The van der Waals surface area contributed by atoms with Gasteiger partial charge < -0.3 is 14.9 Å². The number of aliphatic hydroxyl groups is 1. The van der Waals surface area contributed by atoms with Crippen LogP contribution in [-0.2, 0) is 19.2 Å². The summed E-state index contributed by atoms with van der Waals surface area (Å²) in [5.74, 6) is -0.784. The molecule has 2 heterocycles. The van der Waals surface area contributed by atoms with Crippen LogP contribution in [-0.4, -0.2) is 56.5 Å². The van der Waals surface area contributed by atoms with E-state index in [0.29, 0.717) is 0 Å². The van der Waals surface area contributed by atoms with Crippen molar-refractivity contribution in [2.24, 2.45) is 28.6 Å². The molecule has 0 radical (unpaired) electrons. The van der Waals surface area contributed by atoms with Gasteiger partial charge in [-0.05, 0) is 35.1 Å². The fraction of sp³-hybridized carbons (Fsp3) is 0.404. The molecule has 7 heteroatoms. The lowest BCUT2D eigenvalue weighted by Gasteiger charge is -2.53. The fourth-order valence-electron chi connectivity index (χ4n) is 7.80. The van der Waals surface area contributed by atoms with Crippen LogP contribution in [0.2, 0.25) is 0 Å². The van der Waals surface area contributed by atoms with Gasteiger partial charge in [-0.15, -0.1) is 0 Å². The number of Topliss-reactive ketones (excluding diaryl/α,β-unsaturated/α-hetero) is 2. The van der Waals surface area contributed by atoms with Gasteiger partial charge in [0.15, 0.2) is 11.6 Å². The molecule has 0 unspecified atom stereocenters. The van der Waals surface area contributed by atoms with Crippen LogP contribution in [0.4, 0.5) is 0 Å². The second kappa shape index (κ2) is 16.2. The summed E-state index contributed by atoms with van der Waals surface area (Å²) in [5, 5.41) is 10.2. The van der Waals surface area contributed by atoms with Gasteiger partial charge in [-0.2, -0.15) is 0 Å². The lowest BCUT2D eigenvalue weighted by molar-refractivity contribution is -0.175. The van der Waals surface area contributed by atoms with E-state index in [1.54, 1.807) is 11.8 Å². The summed E-state index contributed by atoms with van der Waals surface area (Å²) in [7, 11) is 0. The first-order chi connectivity index (χ1) is 25.5. The molecule has 2 fully saturated rings. The maximum absolute atomic E-state index is 13.3. The quantitative estimate of drug-likeness (QED) is 0.165. The van der Waals surface area contributed by atoms with Crippen LogP contribution in [0.5, 0.6) is 0 Å². The molecule has 54 heavy (non-hydrogen) atoms. The Hall–Kier alpha value is -4.88. The number of hydrogen-bond acceptors (Lipinski definition) is 5. The second-order valence-corrected chi connectivity index (χ2v) is 17.1. The molecule has 2 aliphatic rings. The number of aliphatic hydroxyl groups excluding tert-OH is 1. The molecule has 0 aromatic heterocycles. The van der Waals surface area contributed by atoms with E-state index in [9.17, 15) is 24.3 Å². The number of carbonyl (C=O) groups excluding carboxylic acids is 4. The Labute approximate surface area is 321 Å². The third-order valence-corrected chi connectivity index (χ3v) is 10.6. The number of benzene rings is 4. The van der Waals surface area contributed by atoms with E-state index in [2.05, 4.69) is 0 Å². The van der Waals surface area contributed by atoms with Crippen molar-refractivity contribution in [2.45, 2.75) is 92.6 Å². The van der Waals surface area contributed by atoms with Crippen molar-refractivity contribution >= 4 is 23.4 Å². The predicted octanol–water partition coefficient (Wildman–Crippen LogP) is 8.47. The lowest BCUT2D eigenvalue weighted by Crippen LogP contribution is -2.69. The maximum Gasteiger partial charge on any atom is 0.232 e. The minimum absolute atomic E-state index is 0.0233. The topological polar surface area (TPSA) is 95.0 Å². The lowest BCUT2D eigenvalue weighted by atomic mass is 9.69. The summed E-state index contributed by atoms with van der Waals surface area (Å²) in [4.78, 5) is 56.2. The molecular weight excluding hydrogens is 673 g/mol. The molecule has 2 amide bonds. The molecule has 284 valence electrons. The molecule has 0 saturated carbocycles. The van der Waals surface area contributed by atoms with Gasteiger partial charge in [0, 0.05) is 10.8 Å². The molecule has 0 spiro atoms. The molecule has 0 aliphatic carbocycles. The van der Waals surface area contributed by atoms with Gasteiger partial charge in [0.05, 0.1) is 30.0 Å². The van der Waals surface area contributed by atoms with Crippen molar-refractivity contribution in [1.82, 2.24) is 9.80 Å². The molecular formula is C47H56N2O5. The van der Waals surface area contributed by atoms with Crippen molar-refractivity contribution in [3.63, 3.8) is 0 Å². The molecule has 4 aromatic carbocycles. The first-order valence-electron chi connectivity index (χ1n) is 19.1. The average molecular weight is 729 g/mol. The number of β-lactam (4-membered cyclic amide) rings is 2. The molecule has 1 N–H and O–H groups in total. The summed E-state index contributed by atoms with van der Waals surface area (Å²) in [6.07, 6.45) is -0.864. The zero-order valence-electron chi connectivity index (χ0n) is 33.1. The molecule has 4 aromatic rings. The fourth-order valence-corrected chi connectivity index (χ4v) is 7.80. The summed E-state index contributed by atoms with van der Waals surface area (Å²) >= 11 is 0. The largest absolute Gasteiger partial charge is 0.392 e. The number of amides is 2. The van der Waals surface area contributed by atoms with Crippen molar-refractivity contribution in [3.05, 3.63) is 144 Å². The minimum atomic E-state index is -0.864. The van der Waals surface area contributed by atoms with Crippen LogP contribution in [0.25, 0.3) is 0 Å². The van der Waals surface area contributed by atoms with Crippen molar-refractivity contribution in [3.8, 4) is 0 Å². The summed E-state index contributed by atoms with van der Waals surface area (Å²) < 4.78 is 0. The number of ketones is 2. The second-order valence-electron chi connectivity index (χ2n) is 17.1. The third-order valence-electron chi connectivity index (χ3n) is 10.6. The molecule has 2 aliphatic heterocycles. The number of hydrogen-bond donors (Lipinski definition) is 1. The molecule has 5 atom stereocenters. The van der Waals surface area contributed by atoms with Crippen LogP contribution in [0.1, 0.15) is 96.7 Å². The van der Waals surface area contributed by atoms with Crippen molar-refractivity contribution < 1.29 is 24.3 Å². The van der Waals surface area contributed by atoms with Crippen LogP contribution in [0, 0.1) is 28.6 Å². The first kappa shape index (κ1) is 40.3. The highest BCUT2D eigenvalue weighted by Gasteiger charge is 2.58. The Morgan fingerprint density at radius 1 is 0.500 bits per heavy atom. The van der Waals surface area contributed by atoms with Gasteiger partial charge in [0.25, 0.3) is 0 Å². The van der Waals surface area contributed by atoms with Crippen LogP contribution >= 0.6 is 0 Å². The van der Waals surface area contributed by atoms with Gasteiger partial charge in [-0.1, -0.05) is 177 Å². The van der Waals surface area contributed by atoms with Gasteiger partial charge in [0.2, 0.25) is 11.8 Å². The normalized spacial score (nSPS) is 20.6. The van der Waals surface area contributed by atoms with E-state index in [0.717, 1.165) is 22.3 Å². The van der Waals surface area contributed by atoms with Gasteiger partial charge >= 0.3 is 0 Å². The molecule has 0 bridgehead atoms. The third kappa shape index (κ3) is 8.12. The van der Waals surface area contributed by atoms with E-state index >= 15 is 0 Å². The minimum Gasteiger partial charge on any atom is -0.392 e. The predicted molar refractivity (Wildman–Crippen MR) is 213 cm³/mol. The van der Waals surface area contributed by atoms with E-state index < -0.39 is 28.9 Å². The van der Waals surface area contributed by atoms with Crippen LogP contribution in [0.15, 0.2) is 121 Å². The van der Waals surface area contributed by atoms with E-state index in [1.165, 1.54) is 0 Å². The number of likely N-dealkylation sites (tertiary alicyclic amines) is 2. The highest BCUT2D eigenvalue weighted by molar-refractivity contribution is 6.03. The molecule has 2 saturated heterocycles. The Balaban J connectivity index is 0.000000208. The summed E-state index contributed by atoms with van der Waals surface area (Å²) in [6, 6.07) is 37.9. The standard InChI is InChI=1S/C24H29NO2.C23H27NO3/c1-16(2)19-21(22(26)24(3,4)5)25(23(19)27)20(17-12-8-6-9-13-17)18-14-10-7-11-15-18;1-15(25)18-20(21(26)23(2,3)4)24(22(18)27)19(16-11-7-5-8-12-16)17-13-9-6-10-14-17/h6-16,19-21H,1-5H3;5-15,18-20,25H,1-4H3/t19-,21+;15-,18-,20+/m11/s1. The van der Waals surface area contributed by atoms with Gasteiger partial charge in [-0.3, -0.25) is 19.2 Å². The van der Waals surface area contributed by atoms with Crippen molar-refractivity contribution in [1.29, 1.82) is 0 Å². The Kier molecular flexibility index (Phi) is 12.1. The smallest absolute Gasteiger partial charge is 0.232 e. The highest BCUT2D eigenvalue weighted by atomic mass is 16.3. The van der Waals surface area contributed by atoms with Crippen LogP contribution < -0.4 is 0 Å². The number of rotatable bonds is 10. The summed E-state index contributed by atoms with van der Waals surface area (Å²) in [6.45, 7) is 17.0. The van der Waals surface area contributed by atoms with E-state index in [-0.39, 0.29) is 53.3 Å². The average Bonchev–Trinajstić information content (AvgIpc) is 3.13. The van der Waals surface area contributed by atoms with E-state index in [4.69, 9.17) is 0 Å². The Bertz CT molecular complexity index is 1680. The number of nitrogens with zero attached hydrogens (tertiary/aromatic N) is 2. The summed E-state index contributed by atoms with van der Waals surface area (Å²) in [5.41, 5.74) is 2.88. The van der Waals surface area contributed by atoms with Gasteiger partial charge in [0.1, 0.15) is 12.1 Å². The highest BCUT2D eigenvalue weighted by Crippen LogP contribution is 2.46. The first-order valence-corrected chi connectivity index (χ1v) is 19.1. The maximum atomic E-state index is 13.3. The zero-order chi connectivity index (χ0) is 39.5. The molecule has 6 rings (SSSR count).